The number of anilines is 3. The minimum absolute atomic E-state index is 0.0724. The van der Waals surface area contributed by atoms with Gasteiger partial charge in [-0.3, -0.25) is 9.78 Å². The van der Waals surface area contributed by atoms with Gasteiger partial charge in [0.1, 0.15) is 5.82 Å². The van der Waals surface area contributed by atoms with Gasteiger partial charge in [0.2, 0.25) is 0 Å². The highest BCUT2D eigenvalue weighted by molar-refractivity contribution is 5.94. The van der Waals surface area contributed by atoms with Crippen LogP contribution in [0.25, 0.3) is 0 Å². The average molecular weight is 390 g/mol. The van der Waals surface area contributed by atoms with Crippen molar-refractivity contribution in [3.63, 3.8) is 0 Å². The van der Waals surface area contributed by atoms with E-state index in [4.69, 9.17) is 0 Å². The number of hydrogen-bond acceptors (Lipinski definition) is 6. The van der Waals surface area contributed by atoms with Crippen molar-refractivity contribution >= 4 is 23.2 Å². The van der Waals surface area contributed by atoms with E-state index in [9.17, 15) is 4.79 Å². The lowest BCUT2D eigenvalue weighted by Crippen LogP contribution is -2.29. The van der Waals surface area contributed by atoms with E-state index in [1.165, 1.54) is 5.56 Å². The van der Waals surface area contributed by atoms with Crippen LogP contribution in [0.5, 0.6) is 0 Å². The monoisotopic (exact) mass is 390 g/mol. The largest absolute Gasteiger partial charge is 0.367 e. The van der Waals surface area contributed by atoms with Crippen molar-refractivity contribution in [1.82, 2.24) is 20.5 Å². The zero-order valence-electron chi connectivity index (χ0n) is 16.9. The third-order valence-electron chi connectivity index (χ3n) is 4.33. The predicted octanol–water partition coefficient (Wildman–Crippen LogP) is 3.75. The van der Waals surface area contributed by atoms with Crippen LogP contribution in [-0.2, 0) is 5.41 Å². The highest BCUT2D eigenvalue weighted by atomic mass is 16.1. The van der Waals surface area contributed by atoms with Crippen LogP contribution >= 0.6 is 0 Å². The molecule has 0 fully saturated rings. The number of rotatable bonds is 7. The summed E-state index contributed by atoms with van der Waals surface area (Å²) in [5.74, 6) is 1.19. The van der Waals surface area contributed by atoms with Gasteiger partial charge < -0.3 is 16.0 Å². The van der Waals surface area contributed by atoms with E-state index in [2.05, 4.69) is 51.9 Å². The Kier molecular flexibility index (Phi) is 6.39. The summed E-state index contributed by atoms with van der Waals surface area (Å²) in [4.78, 5) is 16.3. The average Bonchev–Trinajstić information content (AvgIpc) is 2.72. The standard InChI is InChI=1S/C22H26N6O/c1-22(2,3)17-8-6-16(7-9-17)21(29)25-14-13-24-19-10-11-20(28-27-19)26-18-5-4-12-23-15-18/h4-12,15H,13-14H2,1-3H3,(H,24,27)(H,25,29)(H,26,28). The third kappa shape index (κ3) is 6.00. The number of carbonyl (C=O) groups excluding carboxylic acids is 1. The minimum Gasteiger partial charge on any atom is -0.367 e. The summed E-state index contributed by atoms with van der Waals surface area (Å²) in [6, 6.07) is 15.1. The van der Waals surface area contributed by atoms with Gasteiger partial charge in [0.25, 0.3) is 5.91 Å². The molecule has 0 saturated carbocycles. The zero-order chi connectivity index (χ0) is 20.7. The first-order chi connectivity index (χ1) is 13.9. The van der Waals surface area contributed by atoms with Crippen molar-refractivity contribution in [3.05, 3.63) is 72.1 Å². The van der Waals surface area contributed by atoms with Gasteiger partial charge in [-0.2, -0.15) is 0 Å². The summed E-state index contributed by atoms with van der Waals surface area (Å²) in [6.07, 6.45) is 3.43. The van der Waals surface area contributed by atoms with Crippen molar-refractivity contribution in [1.29, 1.82) is 0 Å². The highest BCUT2D eigenvalue weighted by Crippen LogP contribution is 2.22. The van der Waals surface area contributed by atoms with Crippen LogP contribution in [0.1, 0.15) is 36.7 Å². The van der Waals surface area contributed by atoms with Crippen LogP contribution in [0.3, 0.4) is 0 Å². The lowest BCUT2D eigenvalue weighted by atomic mass is 9.87. The van der Waals surface area contributed by atoms with E-state index in [0.29, 0.717) is 30.3 Å². The van der Waals surface area contributed by atoms with Crippen molar-refractivity contribution in [2.24, 2.45) is 0 Å². The van der Waals surface area contributed by atoms with E-state index in [-0.39, 0.29) is 11.3 Å². The fourth-order valence-electron chi connectivity index (χ4n) is 2.67. The first-order valence-corrected chi connectivity index (χ1v) is 9.55. The normalized spacial score (nSPS) is 11.0. The zero-order valence-corrected chi connectivity index (χ0v) is 16.9. The number of hydrogen-bond donors (Lipinski definition) is 3. The summed E-state index contributed by atoms with van der Waals surface area (Å²) in [7, 11) is 0. The summed E-state index contributed by atoms with van der Waals surface area (Å²) < 4.78 is 0. The second-order valence-electron chi connectivity index (χ2n) is 7.68. The molecule has 0 bridgehead atoms. The van der Waals surface area contributed by atoms with Gasteiger partial charge in [0.15, 0.2) is 5.82 Å². The van der Waals surface area contributed by atoms with Crippen molar-refractivity contribution < 1.29 is 4.79 Å². The molecule has 0 radical (unpaired) electrons. The van der Waals surface area contributed by atoms with Crippen LogP contribution in [0, 0.1) is 0 Å². The van der Waals surface area contributed by atoms with Crippen LogP contribution in [0.15, 0.2) is 60.9 Å². The Morgan fingerprint density at radius 3 is 2.28 bits per heavy atom. The molecule has 7 heteroatoms. The fourth-order valence-corrected chi connectivity index (χ4v) is 2.67. The molecule has 3 aromatic rings. The van der Waals surface area contributed by atoms with Gasteiger partial charge in [-0.15, -0.1) is 10.2 Å². The molecule has 7 nitrogen and oxygen atoms in total. The molecule has 3 N–H and O–H groups in total. The smallest absolute Gasteiger partial charge is 0.251 e. The fraction of sp³-hybridized carbons (Fsp3) is 0.273. The second kappa shape index (κ2) is 9.14. The quantitative estimate of drug-likeness (QED) is 0.532. The molecule has 3 rings (SSSR count). The summed E-state index contributed by atoms with van der Waals surface area (Å²) in [5.41, 5.74) is 2.78. The number of pyridine rings is 1. The van der Waals surface area contributed by atoms with Gasteiger partial charge >= 0.3 is 0 Å². The van der Waals surface area contributed by atoms with Crippen LogP contribution in [0.2, 0.25) is 0 Å². The van der Waals surface area contributed by atoms with Crippen LogP contribution in [0.4, 0.5) is 17.3 Å². The number of carbonyl (C=O) groups is 1. The number of benzene rings is 1. The molecule has 0 unspecified atom stereocenters. The molecular formula is C22H26N6O. The van der Waals surface area contributed by atoms with Crippen molar-refractivity contribution in [3.8, 4) is 0 Å². The SMILES string of the molecule is CC(C)(C)c1ccc(C(=O)NCCNc2ccc(Nc3cccnc3)nn2)cc1. The number of nitrogens with one attached hydrogen (secondary N) is 3. The molecule has 1 aromatic carbocycles. The third-order valence-corrected chi connectivity index (χ3v) is 4.33. The first kappa shape index (κ1) is 20.3. The molecule has 0 aliphatic rings. The molecule has 0 spiro atoms. The molecule has 0 aliphatic carbocycles. The summed E-state index contributed by atoms with van der Waals surface area (Å²) in [5, 5.41) is 17.4. The van der Waals surface area contributed by atoms with E-state index < -0.39 is 0 Å². The molecule has 0 aliphatic heterocycles. The Hall–Kier alpha value is -3.48. The number of aromatic nitrogens is 3. The van der Waals surface area contributed by atoms with Crippen molar-refractivity contribution in [2.45, 2.75) is 26.2 Å². The van der Waals surface area contributed by atoms with Gasteiger partial charge in [-0.05, 0) is 47.4 Å². The molecule has 2 aromatic heterocycles. The summed E-state index contributed by atoms with van der Waals surface area (Å²) >= 11 is 0. The minimum atomic E-state index is -0.0886. The lowest BCUT2D eigenvalue weighted by Gasteiger charge is -2.19. The molecule has 29 heavy (non-hydrogen) atoms. The maximum Gasteiger partial charge on any atom is 0.251 e. The molecule has 0 saturated heterocycles. The van der Waals surface area contributed by atoms with Gasteiger partial charge in [0, 0.05) is 24.8 Å². The predicted molar refractivity (Wildman–Crippen MR) is 116 cm³/mol. The van der Waals surface area contributed by atoms with Crippen molar-refractivity contribution in [2.75, 3.05) is 23.7 Å². The van der Waals surface area contributed by atoms with E-state index in [1.54, 1.807) is 12.4 Å². The number of amides is 1. The van der Waals surface area contributed by atoms with E-state index in [0.717, 1.165) is 5.69 Å². The first-order valence-electron chi connectivity index (χ1n) is 9.55. The molecule has 0 atom stereocenters. The molecule has 2 heterocycles. The Morgan fingerprint density at radius 2 is 1.66 bits per heavy atom. The Morgan fingerprint density at radius 1 is 0.931 bits per heavy atom. The van der Waals surface area contributed by atoms with Crippen LogP contribution in [-0.4, -0.2) is 34.2 Å². The Balaban J connectivity index is 1.42. The second-order valence-corrected chi connectivity index (χ2v) is 7.68. The Labute approximate surface area is 171 Å². The van der Waals surface area contributed by atoms with Crippen LogP contribution < -0.4 is 16.0 Å². The van der Waals surface area contributed by atoms with Gasteiger partial charge in [-0.25, -0.2) is 0 Å². The molecule has 1 amide bonds. The highest BCUT2D eigenvalue weighted by Gasteiger charge is 2.14. The summed E-state index contributed by atoms with van der Waals surface area (Å²) in [6.45, 7) is 7.49. The van der Waals surface area contributed by atoms with Gasteiger partial charge in [0.05, 0.1) is 11.9 Å². The molecular weight excluding hydrogens is 364 g/mol. The molecule has 150 valence electrons. The Bertz CT molecular complexity index is 918. The van der Waals surface area contributed by atoms with E-state index in [1.807, 2.05) is 48.5 Å². The van der Waals surface area contributed by atoms with E-state index >= 15 is 0 Å². The van der Waals surface area contributed by atoms with Gasteiger partial charge in [-0.1, -0.05) is 32.9 Å². The lowest BCUT2D eigenvalue weighted by molar-refractivity contribution is 0.0955. The maximum atomic E-state index is 12.3. The number of nitrogens with zero attached hydrogens (tertiary/aromatic N) is 3. The maximum absolute atomic E-state index is 12.3. The topological polar surface area (TPSA) is 91.8 Å².